The quantitative estimate of drug-likeness (QED) is 0.437. The van der Waals surface area contributed by atoms with Gasteiger partial charge in [0.05, 0.1) is 16.7 Å². The van der Waals surface area contributed by atoms with Crippen molar-refractivity contribution in [3.63, 3.8) is 0 Å². The summed E-state index contributed by atoms with van der Waals surface area (Å²) in [6.07, 6.45) is 9.62. The molecule has 0 fully saturated rings. The smallest absolute Gasteiger partial charge is 0.317 e. The van der Waals surface area contributed by atoms with E-state index in [1.165, 1.54) is 37.0 Å². The van der Waals surface area contributed by atoms with E-state index in [1.54, 1.807) is 6.20 Å². The van der Waals surface area contributed by atoms with E-state index in [4.69, 9.17) is 4.74 Å². The summed E-state index contributed by atoms with van der Waals surface area (Å²) in [6, 6.07) is 8.12. The number of unbranched alkanes of at least 4 members (excludes halogenated alkanes) is 3. The highest BCUT2D eigenvalue weighted by Crippen LogP contribution is 2.30. The van der Waals surface area contributed by atoms with Crippen LogP contribution in [0.3, 0.4) is 0 Å². The van der Waals surface area contributed by atoms with Crippen molar-refractivity contribution >= 4 is 22.3 Å². The molecule has 0 aliphatic heterocycles. The van der Waals surface area contributed by atoms with Crippen molar-refractivity contribution in [2.24, 2.45) is 0 Å². The molecule has 3 aromatic heterocycles. The molecular formula is C21H27N5OS. The van der Waals surface area contributed by atoms with Crippen LogP contribution in [0.2, 0.25) is 0 Å². The summed E-state index contributed by atoms with van der Waals surface area (Å²) >= 11 is 1.53. The van der Waals surface area contributed by atoms with Crippen molar-refractivity contribution in [3.8, 4) is 16.6 Å². The highest BCUT2D eigenvalue weighted by molar-refractivity contribution is 7.18. The van der Waals surface area contributed by atoms with Crippen molar-refractivity contribution in [2.45, 2.75) is 59.0 Å². The van der Waals surface area contributed by atoms with Crippen LogP contribution < -0.4 is 10.1 Å². The Hall–Kier alpha value is -2.54. The molecule has 0 aliphatic carbocycles. The van der Waals surface area contributed by atoms with Gasteiger partial charge in [-0.1, -0.05) is 43.6 Å². The zero-order valence-corrected chi connectivity index (χ0v) is 17.5. The average molecular weight is 398 g/mol. The molecule has 28 heavy (non-hydrogen) atoms. The predicted octanol–water partition coefficient (Wildman–Crippen LogP) is 5.78. The third kappa shape index (κ3) is 5.99. The van der Waals surface area contributed by atoms with E-state index >= 15 is 0 Å². The number of aromatic nitrogens is 4. The third-order valence-corrected chi connectivity index (χ3v) is 5.20. The number of rotatable bonds is 10. The largest absolute Gasteiger partial charge is 0.460 e. The number of pyridine rings is 1. The molecule has 7 heteroatoms. The lowest BCUT2D eigenvalue weighted by Gasteiger charge is -2.13. The van der Waals surface area contributed by atoms with Gasteiger partial charge in [-0.15, -0.1) is 0 Å². The monoisotopic (exact) mass is 397 g/mol. The van der Waals surface area contributed by atoms with Crippen molar-refractivity contribution in [1.29, 1.82) is 0 Å². The Bertz CT molecular complexity index is 868. The number of hydrogen-bond acceptors (Lipinski definition) is 7. The van der Waals surface area contributed by atoms with Gasteiger partial charge in [0, 0.05) is 18.1 Å². The second-order valence-corrected chi connectivity index (χ2v) is 7.86. The molecule has 1 N–H and O–H groups in total. The highest BCUT2D eigenvalue weighted by Gasteiger charge is 2.12. The molecule has 0 aliphatic rings. The number of hydrogen-bond donors (Lipinski definition) is 1. The first-order valence-corrected chi connectivity index (χ1v) is 10.6. The van der Waals surface area contributed by atoms with Gasteiger partial charge in [-0.2, -0.15) is 4.98 Å². The van der Waals surface area contributed by atoms with Crippen molar-refractivity contribution in [1.82, 2.24) is 19.9 Å². The topological polar surface area (TPSA) is 72.8 Å². The third-order valence-electron chi connectivity index (χ3n) is 4.26. The number of anilines is 2. The predicted molar refractivity (Wildman–Crippen MR) is 114 cm³/mol. The van der Waals surface area contributed by atoms with Crippen LogP contribution in [0.4, 0.5) is 10.9 Å². The molecule has 3 rings (SSSR count). The van der Waals surface area contributed by atoms with Crippen LogP contribution in [-0.2, 0) is 0 Å². The number of ether oxygens (including phenoxy) is 1. The molecule has 0 aromatic carbocycles. The fourth-order valence-electron chi connectivity index (χ4n) is 2.81. The van der Waals surface area contributed by atoms with E-state index < -0.39 is 0 Å². The Morgan fingerprint density at radius 3 is 2.82 bits per heavy atom. The first-order valence-electron chi connectivity index (χ1n) is 9.80. The fraction of sp³-hybridized carbons (Fsp3) is 0.429. The van der Waals surface area contributed by atoms with Gasteiger partial charge in [-0.3, -0.25) is 0 Å². The van der Waals surface area contributed by atoms with E-state index in [0.717, 1.165) is 33.6 Å². The van der Waals surface area contributed by atoms with Crippen LogP contribution in [0.1, 0.15) is 51.6 Å². The second kappa shape index (κ2) is 10.1. The number of nitrogens with one attached hydrogen (secondary N) is 1. The molecule has 3 heterocycles. The standard InChI is InChI=1S/C21H27N5OS/c1-4-5-6-7-10-16(3)27-20-24-15(2)13-17(25-20)18-14-23-21(28-18)26-19-11-8-9-12-22-19/h8-9,11-14,16H,4-7,10H2,1-3H3,(H,22,23,26). The molecule has 3 aromatic rings. The SMILES string of the molecule is CCCCCCC(C)Oc1nc(C)cc(-c2cnc(Nc3ccccn3)s2)n1. The lowest BCUT2D eigenvalue weighted by atomic mass is 10.1. The summed E-state index contributed by atoms with van der Waals surface area (Å²) in [7, 11) is 0. The summed E-state index contributed by atoms with van der Waals surface area (Å²) in [5, 5.41) is 3.99. The zero-order chi connectivity index (χ0) is 19.8. The Morgan fingerprint density at radius 1 is 1.14 bits per heavy atom. The second-order valence-electron chi connectivity index (χ2n) is 6.82. The first kappa shape index (κ1) is 20.2. The molecule has 0 spiro atoms. The van der Waals surface area contributed by atoms with E-state index in [9.17, 15) is 0 Å². The molecule has 148 valence electrons. The summed E-state index contributed by atoms with van der Waals surface area (Å²) in [6.45, 7) is 6.26. The van der Waals surface area contributed by atoms with Gasteiger partial charge < -0.3 is 10.1 Å². The van der Waals surface area contributed by atoms with Crippen molar-refractivity contribution in [3.05, 3.63) is 42.4 Å². The Morgan fingerprint density at radius 2 is 2.04 bits per heavy atom. The molecule has 0 saturated heterocycles. The summed E-state index contributed by atoms with van der Waals surface area (Å²) in [5.74, 6) is 0.767. The van der Waals surface area contributed by atoms with Crippen LogP contribution in [0, 0.1) is 6.92 Å². The molecule has 0 amide bonds. The fourth-order valence-corrected chi connectivity index (χ4v) is 3.60. The minimum absolute atomic E-state index is 0.106. The van der Waals surface area contributed by atoms with Crippen LogP contribution in [0.5, 0.6) is 6.01 Å². The zero-order valence-electron chi connectivity index (χ0n) is 16.7. The average Bonchev–Trinajstić information content (AvgIpc) is 3.14. The van der Waals surface area contributed by atoms with Gasteiger partial charge >= 0.3 is 6.01 Å². The van der Waals surface area contributed by atoms with Crippen molar-refractivity contribution in [2.75, 3.05) is 5.32 Å². The van der Waals surface area contributed by atoms with Crippen LogP contribution in [-0.4, -0.2) is 26.0 Å². The van der Waals surface area contributed by atoms with E-state index in [0.29, 0.717) is 6.01 Å². The number of aryl methyl sites for hydroxylation is 1. The van der Waals surface area contributed by atoms with Gasteiger partial charge in [0.2, 0.25) is 0 Å². The Balaban J connectivity index is 1.66. The maximum atomic E-state index is 5.98. The lowest BCUT2D eigenvalue weighted by molar-refractivity contribution is 0.189. The summed E-state index contributed by atoms with van der Waals surface area (Å²) in [4.78, 5) is 18.7. The van der Waals surface area contributed by atoms with Gasteiger partial charge in [-0.05, 0) is 44.9 Å². The molecule has 0 bridgehead atoms. The normalized spacial score (nSPS) is 12.0. The summed E-state index contributed by atoms with van der Waals surface area (Å²) < 4.78 is 5.98. The van der Waals surface area contributed by atoms with Gasteiger partial charge in [0.15, 0.2) is 5.13 Å². The van der Waals surface area contributed by atoms with Gasteiger partial charge in [0.1, 0.15) is 5.82 Å². The molecule has 1 atom stereocenters. The maximum absolute atomic E-state index is 5.98. The van der Waals surface area contributed by atoms with Gasteiger partial charge in [-0.25, -0.2) is 15.0 Å². The van der Waals surface area contributed by atoms with Crippen LogP contribution >= 0.6 is 11.3 Å². The minimum Gasteiger partial charge on any atom is -0.460 e. The van der Waals surface area contributed by atoms with E-state index in [-0.39, 0.29) is 6.10 Å². The molecule has 6 nitrogen and oxygen atoms in total. The minimum atomic E-state index is 0.106. The van der Waals surface area contributed by atoms with E-state index in [2.05, 4.69) is 39.1 Å². The van der Waals surface area contributed by atoms with Gasteiger partial charge in [0.25, 0.3) is 0 Å². The van der Waals surface area contributed by atoms with Crippen LogP contribution in [0.25, 0.3) is 10.6 Å². The van der Waals surface area contributed by atoms with Crippen molar-refractivity contribution < 1.29 is 4.74 Å². The lowest BCUT2D eigenvalue weighted by Crippen LogP contribution is -2.14. The summed E-state index contributed by atoms with van der Waals surface area (Å²) in [5.41, 5.74) is 1.71. The van der Waals surface area contributed by atoms with Crippen LogP contribution in [0.15, 0.2) is 36.7 Å². The molecule has 0 radical (unpaired) electrons. The highest BCUT2D eigenvalue weighted by atomic mass is 32.1. The first-order chi connectivity index (χ1) is 13.6. The molecule has 1 unspecified atom stereocenters. The number of nitrogens with zero attached hydrogens (tertiary/aromatic N) is 4. The Kier molecular flexibility index (Phi) is 7.31. The maximum Gasteiger partial charge on any atom is 0.317 e. The van der Waals surface area contributed by atoms with E-state index in [1.807, 2.05) is 37.4 Å². The molecule has 0 saturated carbocycles. The Labute approximate surface area is 170 Å². The molecular weight excluding hydrogens is 370 g/mol. The number of thiazole rings is 1.